The molecule has 0 amide bonds. The molecule has 0 fully saturated rings. The zero-order chi connectivity index (χ0) is 12.2. The number of benzene rings is 1. The largest absolute Gasteiger partial charge is 0.497 e. The number of aliphatic hydroxyl groups is 1. The predicted octanol–water partition coefficient (Wildman–Crippen LogP) is 2.13. The number of halogens is 3. The summed E-state index contributed by atoms with van der Waals surface area (Å²) in [4.78, 5) is 0. The van der Waals surface area contributed by atoms with Crippen molar-refractivity contribution in [1.29, 1.82) is 0 Å². The van der Waals surface area contributed by atoms with Crippen LogP contribution in [0, 0.1) is 0 Å². The average molecular weight is 236 g/mol. The van der Waals surface area contributed by atoms with E-state index in [-0.39, 0.29) is 11.3 Å². The zero-order valence-corrected chi connectivity index (χ0v) is 8.54. The molecule has 0 spiro atoms. The van der Waals surface area contributed by atoms with Crippen LogP contribution in [0.4, 0.5) is 13.2 Å². The third kappa shape index (κ3) is 3.62. The Morgan fingerprint density at radius 1 is 1.31 bits per heavy atom. The zero-order valence-electron chi connectivity index (χ0n) is 8.54. The Kier molecular flexibility index (Phi) is 4.00. The molecule has 1 aromatic carbocycles. The molecule has 0 aliphatic carbocycles. The lowest BCUT2D eigenvalue weighted by molar-refractivity contribution is -0.153. The Morgan fingerprint density at radius 3 is 2.50 bits per heavy atom. The van der Waals surface area contributed by atoms with Gasteiger partial charge in [0, 0.05) is 11.6 Å². The van der Waals surface area contributed by atoms with Gasteiger partial charge in [0.25, 0.3) is 0 Å². The van der Waals surface area contributed by atoms with Crippen LogP contribution in [0.1, 0.15) is 5.56 Å². The lowest BCUT2D eigenvalue weighted by atomic mass is 10.2. The van der Waals surface area contributed by atoms with Gasteiger partial charge in [-0.3, -0.25) is 0 Å². The second-order valence-corrected chi connectivity index (χ2v) is 3.04. The summed E-state index contributed by atoms with van der Waals surface area (Å²) in [5.74, 6) is 0.341. The quantitative estimate of drug-likeness (QED) is 0.870. The predicted molar refractivity (Wildman–Crippen MR) is 50.5 cm³/mol. The molecule has 0 aliphatic heterocycles. The highest BCUT2D eigenvalue weighted by Gasteiger charge is 2.28. The minimum absolute atomic E-state index is 0.0285. The molecule has 16 heavy (non-hydrogen) atoms. The summed E-state index contributed by atoms with van der Waals surface area (Å²) in [5.41, 5.74) is 0.282. The van der Waals surface area contributed by atoms with E-state index in [1.807, 2.05) is 0 Å². The number of aliphatic hydroxyl groups excluding tert-OH is 1. The molecule has 6 heteroatoms. The monoisotopic (exact) mass is 236 g/mol. The summed E-state index contributed by atoms with van der Waals surface area (Å²) >= 11 is 0. The highest BCUT2D eigenvalue weighted by atomic mass is 19.4. The highest BCUT2D eigenvalue weighted by Crippen LogP contribution is 2.26. The van der Waals surface area contributed by atoms with Gasteiger partial charge in [-0.2, -0.15) is 13.2 Å². The van der Waals surface area contributed by atoms with E-state index in [9.17, 15) is 13.2 Å². The minimum Gasteiger partial charge on any atom is -0.497 e. The van der Waals surface area contributed by atoms with E-state index in [0.29, 0.717) is 5.75 Å². The van der Waals surface area contributed by atoms with Gasteiger partial charge in [-0.1, -0.05) is 0 Å². The Morgan fingerprint density at radius 2 is 2.00 bits per heavy atom. The van der Waals surface area contributed by atoms with Gasteiger partial charge in [0.15, 0.2) is 6.61 Å². The van der Waals surface area contributed by atoms with Crippen molar-refractivity contribution in [2.75, 3.05) is 13.7 Å². The first-order valence-electron chi connectivity index (χ1n) is 4.43. The molecule has 0 radical (unpaired) electrons. The molecule has 0 bridgehead atoms. The second-order valence-electron chi connectivity index (χ2n) is 3.04. The molecule has 0 saturated carbocycles. The van der Waals surface area contributed by atoms with Crippen LogP contribution in [0.2, 0.25) is 0 Å². The fourth-order valence-electron chi connectivity index (χ4n) is 1.09. The molecule has 1 N–H and O–H groups in total. The topological polar surface area (TPSA) is 38.7 Å². The van der Waals surface area contributed by atoms with Crippen LogP contribution in [-0.2, 0) is 6.61 Å². The molecule has 0 saturated heterocycles. The first kappa shape index (κ1) is 12.6. The number of hydrogen-bond donors (Lipinski definition) is 1. The van der Waals surface area contributed by atoms with Gasteiger partial charge >= 0.3 is 6.18 Å². The van der Waals surface area contributed by atoms with Crippen LogP contribution in [0.15, 0.2) is 18.2 Å². The van der Waals surface area contributed by atoms with Crippen LogP contribution in [0.25, 0.3) is 0 Å². The maximum Gasteiger partial charge on any atom is 0.422 e. The van der Waals surface area contributed by atoms with E-state index in [4.69, 9.17) is 9.84 Å². The summed E-state index contributed by atoms with van der Waals surface area (Å²) < 4.78 is 45.2. The van der Waals surface area contributed by atoms with Crippen LogP contribution in [-0.4, -0.2) is 25.0 Å². The molecular weight excluding hydrogens is 225 g/mol. The van der Waals surface area contributed by atoms with Crippen molar-refractivity contribution >= 4 is 0 Å². The Bertz CT molecular complexity index is 350. The molecule has 0 heterocycles. The molecule has 0 atom stereocenters. The van der Waals surface area contributed by atoms with Crippen molar-refractivity contribution in [3.63, 3.8) is 0 Å². The van der Waals surface area contributed by atoms with Crippen molar-refractivity contribution in [2.45, 2.75) is 12.8 Å². The second kappa shape index (κ2) is 5.07. The number of alkyl halides is 3. The van der Waals surface area contributed by atoms with Gasteiger partial charge in [-0.15, -0.1) is 0 Å². The van der Waals surface area contributed by atoms with E-state index in [0.717, 1.165) is 0 Å². The van der Waals surface area contributed by atoms with E-state index in [2.05, 4.69) is 4.74 Å². The van der Waals surface area contributed by atoms with Crippen LogP contribution in [0.5, 0.6) is 11.5 Å². The van der Waals surface area contributed by atoms with E-state index in [1.165, 1.54) is 25.3 Å². The summed E-state index contributed by atoms with van der Waals surface area (Å²) in [6.45, 7) is -1.79. The van der Waals surface area contributed by atoms with Gasteiger partial charge in [0.2, 0.25) is 0 Å². The maximum absolute atomic E-state index is 11.9. The Labute approximate surface area is 90.4 Å². The van der Waals surface area contributed by atoms with Crippen molar-refractivity contribution < 1.29 is 27.8 Å². The van der Waals surface area contributed by atoms with Gasteiger partial charge in [-0.25, -0.2) is 0 Å². The number of rotatable bonds is 4. The van der Waals surface area contributed by atoms with E-state index < -0.39 is 19.4 Å². The molecule has 90 valence electrons. The van der Waals surface area contributed by atoms with Crippen LogP contribution >= 0.6 is 0 Å². The lowest BCUT2D eigenvalue weighted by Gasteiger charge is -2.13. The Balaban J connectivity index is 2.83. The number of methoxy groups -OCH3 is 1. The normalized spacial score (nSPS) is 11.3. The molecule has 1 aromatic rings. The standard InChI is InChI=1S/C10H11F3O3/c1-15-8-3-2-7(5-14)9(4-8)16-6-10(11,12)13/h2-4,14H,5-6H2,1H3. The fourth-order valence-corrected chi connectivity index (χ4v) is 1.09. The van der Waals surface area contributed by atoms with Crippen LogP contribution in [0.3, 0.4) is 0 Å². The number of hydrogen-bond acceptors (Lipinski definition) is 3. The van der Waals surface area contributed by atoms with Crippen molar-refractivity contribution in [3.8, 4) is 11.5 Å². The minimum atomic E-state index is -4.41. The summed E-state index contributed by atoms with van der Waals surface area (Å²) in [6.07, 6.45) is -4.41. The first-order valence-corrected chi connectivity index (χ1v) is 4.43. The molecular formula is C10H11F3O3. The third-order valence-electron chi connectivity index (χ3n) is 1.84. The van der Waals surface area contributed by atoms with Crippen molar-refractivity contribution in [3.05, 3.63) is 23.8 Å². The summed E-state index contributed by atoms with van der Waals surface area (Å²) in [7, 11) is 1.39. The third-order valence-corrected chi connectivity index (χ3v) is 1.84. The Hall–Kier alpha value is -1.43. The van der Waals surface area contributed by atoms with E-state index >= 15 is 0 Å². The van der Waals surface area contributed by atoms with Crippen LogP contribution < -0.4 is 9.47 Å². The molecule has 0 unspecified atom stereocenters. The van der Waals surface area contributed by atoms with Crippen molar-refractivity contribution in [2.24, 2.45) is 0 Å². The van der Waals surface area contributed by atoms with E-state index in [1.54, 1.807) is 0 Å². The van der Waals surface area contributed by atoms with Gasteiger partial charge in [0.05, 0.1) is 13.7 Å². The maximum atomic E-state index is 11.9. The molecule has 1 rings (SSSR count). The summed E-state index contributed by atoms with van der Waals surface area (Å²) in [5, 5.41) is 8.91. The molecule has 0 aromatic heterocycles. The molecule has 0 aliphatic rings. The smallest absolute Gasteiger partial charge is 0.422 e. The lowest BCUT2D eigenvalue weighted by Crippen LogP contribution is -2.19. The fraction of sp³-hybridized carbons (Fsp3) is 0.400. The average Bonchev–Trinajstić information content (AvgIpc) is 2.25. The first-order chi connectivity index (χ1) is 7.46. The summed E-state index contributed by atoms with van der Waals surface area (Å²) in [6, 6.07) is 4.29. The van der Waals surface area contributed by atoms with Gasteiger partial charge < -0.3 is 14.6 Å². The highest BCUT2D eigenvalue weighted by molar-refractivity contribution is 5.40. The SMILES string of the molecule is COc1ccc(CO)c(OCC(F)(F)F)c1. The van der Waals surface area contributed by atoms with Gasteiger partial charge in [0.1, 0.15) is 11.5 Å². The van der Waals surface area contributed by atoms with Gasteiger partial charge in [-0.05, 0) is 12.1 Å². The molecule has 3 nitrogen and oxygen atoms in total. The number of ether oxygens (including phenoxy) is 2. The van der Waals surface area contributed by atoms with Crippen molar-refractivity contribution in [1.82, 2.24) is 0 Å².